The number of nitrogens with zero attached hydrogens (tertiary/aromatic N) is 2. The first kappa shape index (κ1) is 16.7. The van der Waals surface area contributed by atoms with Crippen molar-refractivity contribution in [1.29, 1.82) is 0 Å². The number of carbonyl (C=O) groups excluding carboxylic acids is 1. The molecule has 24 heavy (non-hydrogen) atoms. The summed E-state index contributed by atoms with van der Waals surface area (Å²) in [6.45, 7) is 7.81. The van der Waals surface area contributed by atoms with Crippen molar-refractivity contribution in [3.8, 4) is 5.69 Å². The third-order valence-electron chi connectivity index (χ3n) is 5.03. The molecule has 0 saturated carbocycles. The van der Waals surface area contributed by atoms with Gasteiger partial charge in [-0.2, -0.15) is 5.10 Å². The highest BCUT2D eigenvalue weighted by molar-refractivity contribution is 5.92. The van der Waals surface area contributed by atoms with Gasteiger partial charge in [-0.05, 0) is 52.2 Å². The first-order valence-electron chi connectivity index (χ1n) is 8.82. The van der Waals surface area contributed by atoms with E-state index in [-0.39, 0.29) is 5.91 Å². The number of nitrogens with one attached hydrogen (secondary N) is 2. The van der Waals surface area contributed by atoms with Crippen LogP contribution in [0, 0.1) is 13.8 Å². The minimum absolute atomic E-state index is 0.0811. The van der Waals surface area contributed by atoms with Crippen LogP contribution in [0.15, 0.2) is 30.3 Å². The fourth-order valence-corrected chi connectivity index (χ4v) is 3.55. The largest absolute Gasteiger partial charge is 0.325 e. The highest BCUT2D eigenvalue weighted by Crippen LogP contribution is 2.22. The van der Waals surface area contributed by atoms with E-state index in [0.29, 0.717) is 12.6 Å². The summed E-state index contributed by atoms with van der Waals surface area (Å²) in [5.74, 6) is 0.0811. The molecule has 5 heteroatoms. The molecule has 0 radical (unpaired) electrons. The normalized spacial score (nSPS) is 20.8. The minimum Gasteiger partial charge on any atom is -0.325 e. The van der Waals surface area contributed by atoms with Gasteiger partial charge in [-0.1, -0.05) is 18.2 Å². The number of quaternary nitrogens is 1. The molecule has 0 bridgehead atoms. The van der Waals surface area contributed by atoms with Crippen LogP contribution in [0.5, 0.6) is 0 Å². The fraction of sp³-hybridized carbons (Fsp3) is 0.474. The molecule has 128 valence electrons. The number of anilines is 1. The van der Waals surface area contributed by atoms with E-state index in [4.69, 9.17) is 0 Å². The quantitative estimate of drug-likeness (QED) is 0.901. The Balaban J connectivity index is 1.73. The molecule has 1 unspecified atom stereocenters. The summed E-state index contributed by atoms with van der Waals surface area (Å²) in [5, 5.41) is 7.68. The van der Waals surface area contributed by atoms with E-state index in [1.54, 1.807) is 0 Å². The van der Waals surface area contributed by atoms with Crippen molar-refractivity contribution in [2.45, 2.75) is 46.1 Å². The van der Waals surface area contributed by atoms with E-state index >= 15 is 0 Å². The van der Waals surface area contributed by atoms with E-state index in [0.717, 1.165) is 29.3 Å². The molecule has 1 aliphatic rings. The maximum absolute atomic E-state index is 12.5. The maximum Gasteiger partial charge on any atom is 0.279 e. The molecular weight excluding hydrogens is 300 g/mol. The molecule has 1 aromatic heterocycles. The topological polar surface area (TPSA) is 51.4 Å². The van der Waals surface area contributed by atoms with Gasteiger partial charge in [-0.15, -0.1) is 0 Å². The summed E-state index contributed by atoms with van der Waals surface area (Å²) in [7, 11) is 0. The molecule has 1 aromatic carbocycles. The van der Waals surface area contributed by atoms with Gasteiger partial charge in [0.25, 0.3) is 5.91 Å². The van der Waals surface area contributed by atoms with Gasteiger partial charge in [-0.25, -0.2) is 4.68 Å². The molecule has 2 aromatic rings. The number of rotatable bonds is 4. The predicted molar refractivity (Wildman–Crippen MR) is 95.7 cm³/mol. The Labute approximate surface area is 143 Å². The van der Waals surface area contributed by atoms with Crippen LogP contribution in [0.2, 0.25) is 0 Å². The molecule has 1 aliphatic heterocycles. The summed E-state index contributed by atoms with van der Waals surface area (Å²) in [6, 6.07) is 10.6. The summed E-state index contributed by atoms with van der Waals surface area (Å²) >= 11 is 0. The molecule has 2 N–H and O–H groups in total. The summed E-state index contributed by atoms with van der Waals surface area (Å²) in [5.41, 5.74) is 3.67. The van der Waals surface area contributed by atoms with Gasteiger partial charge < -0.3 is 10.2 Å². The minimum atomic E-state index is 0.0811. The van der Waals surface area contributed by atoms with Crippen molar-refractivity contribution < 1.29 is 9.69 Å². The Bertz CT molecular complexity index is 708. The van der Waals surface area contributed by atoms with Crippen LogP contribution < -0.4 is 10.2 Å². The third-order valence-corrected chi connectivity index (χ3v) is 5.03. The molecule has 0 spiro atoms. The Morgan fingerprint density at radius 2 is 2.04 bits per heavy atom. The second-order valence-electron chi connectivity index (χ2n) is 6.82. The van der Waals surface area contributed by atoms with Gasteiger partial charge in [0.05, 0.1) is 35.3 Å². The smallest absolute Gasteiger partial charge is 0.279 e. The van der Waals surface area contributed by atoms with Crippen LogP contribution in [0.25, 0.3) is 5.69 Å². The van der Waals surface area contributed by atoms with Crippen molar-refractivity contribution in [3.05, 3.63) is 41.7 Å². The van der Waals surface area contributed by atoms with Crippen LogP contribution in [-0.4, -0.2) is 34.8 Å². The molecule has 1 saturated heterocycles. The average Bonchev–Trinajstić information content (AvgIpc) is 2.86. The fourth-order valence-electron chi connectivity index (χ4n) is 3.55. The molecule has 5 nitrogen and oxygen atoms in total. The summed E-state index contributed by atoms with van der Waals surface area (Å²) < 4.78 is 1.89. The number of aromatic nitrogens is 2. The number of carbonyl (C=O) groups is 1. The Kier molecular flexibility index (Phi) is 5.00. The lowest BCUT2D eigenvalue weighted by molar-refractivity contribution is -0.920. The zero-order valence-electron chi connectivity index (χ0n) is 14.8. The van der Waals surface area contributed by atoms with Crippen molar-refractivity contribution in [3.63, 3.8) is 0 Å². The van der Waals surface area contributed by atoms with Crippen LogP contribution in [0.1, 0.15) is 37.6 Å². The van der Waals surface area contributed by atoms with E-state index in [2.05, 4.69) is 17.3 Å². The van der Waals surface area contributed by atoms with E-state index in [1.807, 2.05) is 48.9 Å². The molecular formula is C19H27N4O+. The summed E-state index contributed by atoms with van der Waals surface area (Å²) in [4.78, 5) is 13.9. The number of likely N-dealkylation sites (tertiary alicyclic amines) is 1. The lowest BCUT2D eigenvalue weighted by atomic mass is 10.0. The van der Waals surface area contributed by atoms with Crippen LogP contribution in [0.3, 0.4) is 0 Å². The van der Waals surface area contributed by atoms with Crippen molar-refractivity contribution in [2.24, 2.45) is 0 Å². The van der Waals surface area contributed by atoms with Gasteiger partial charge in [-0.3, -0.25) is 4.79 Å². The first-order valence-corrected chi connectivity index (χ1v) is 8.82. The van der Waals surface area contributed by atoms with Crippen LogP contribution in [0.4, 0.5) is 5.69 Å². The van der Waals surface area contributed by atoms with Crippen molar-refractivity contribution >= 4 is 11.6 Å². The molecule has 2 atom stereocenters. The number of para-hydroxylation sites is 1. The number of amides is 1. The zero-order valence-corrected chi connectivity index (χ0v) is 14.8. The Morgan fingerprint density at radius 3 is 2.75 bits per heavy atom. The molecule has 0 aliphatic carbocycles. The van der Waals surface area contributed by atoms with E-state index in [1.165, 1.54) is 24.2 Å². The number of hydrogen-bond acceptors (Lipinski definition) is 2. The highest BCUT2D eigenvalue weighted by Gasteiger charge is 2.25. The SMILES string of the molecule is Cc1nn(-c2ccccc2)c(C)c1NC(=O)C[NH+]1CCCC[C@H]1C. The first-order chi connectivity index (χ1) is 11.6. The average molecular weight is 327 g/mol. The predicted octanol–water partition coefficient (Wildman–Crippen LogP) is 1.88. The monoisotopic (exact) mass is 327 g/mol. The van der Waals surface area contributed by atoms with Gasteiger partial charge in [0.15, 0.2) is 6.54 Å². The molecule has 3 rings (SSSR count). The number of hydrogen-bond donors (Lipinski definition) is 2. The number of piperidine rings is 1. The van der Waals surface area contributed by atoms with Crippen molar-refractivity contribution in [1.82, 2.24) is 9.78 Å². The van der Waals surface area contributed by atoms with Crippen LogP contribution in [-0.2, 0) is 4.79 Å². The van der Waals surface area contributed by atoms with Crippen LogP contribution >= 0.6 is 0 Å². The molecule has 1 amide bonds. The Hall–Kier alpha value is -2.14. The van der Waals surface area contributed by atoms with E-state index in [9.17, 15) is 4.79 Å². The zero-order chi connectivity index (χ0) is 17.1. The van der Waals surface area contributed by atoms with Gasteiger partial charge in [0, 0.05) is 0 Å². The second kappa shape index (κ2) is 7.18. The lowest BCUT2D eigenvalue weighted by Crippen LogP contribution is -3.17. The Morgan fingerprint density at radius 1 is 1.29 bits per heavy atom. The summed E-state index contributed by atoms with van der Waals surface area (Å²) in [6.07, 6.45) is 3.72. The standard InChI is InChI=1S/C19H26N4O/c1-14-9-7-8-12-22(14)13-18(24)20-19-15(2)21-23(16(19)3)17-10-5-4-6-11-17/h4-6,10-11,14H,7-9,12-13H2,1-3H3,(H,20,24)/p+1/t14-/m1/s1. The van der Waals surface area contributed by atoms with Gasteiger partial charge in [0.1, 0.15) is 0 Å². The second-order valence-corrected chi connectivity index (χ2v) is 6.82. The van der Waals surface area contributed by atoms with Gasteiger partial charge in [0.2, 0.25) is 0 Å². The number of benzene rings is 1. The number of aryl methyl sites for hydroxylation is 1. The highest BCUT2D eigenvalue weighted by atomic mass is 16.2. The lowest BCUT2D eigenvalue weighted by Gasteiger charge is -2.29. The maximum atomic E-state index is 12.5. The van der Waals surface area contributed by atoms with Gasteiger partial charge >= 0.3 is 0 Å². The van der Waals surface area contributed by atoms with E-state index < -0.39 is 0 Å². The molecule has 1 fully saturated rings. The third kappa shape index (κ3) is 3.51. The van der Waals surface area contributed by atoms with Crippen molar-refractivity contribution in [2.75, 3.05) is 18.4 Å². The molecule has 2 heterocycles.